The highest BCUT2D eigenvalue weighted by Crippen LogP contribution is 2.44. The summed E-state index contributed by atoms with van der Waals surface area (Å²) in [7, 11) is 0. The maximum Gasteiger partial charge on any atom is 0.136 e. The van der Waals surface area contributed by atoms with Crippen LogP contribution in [0, 0.1) is 0 Å². The summed E-state index contributed by atoms with van der Waals surface area (Å²) in [5, 5.41) is 3.46. The van der Waals surface area contributed by atoms with Gasteiger partial charge in [0.1, 0.15) is 11.2 Å². The summed E-state index contributed by atoms with van der Waals surface area (Å²) in [5.74, 6) is 0. The van der Waals surface area contributed by atoms with Crippen molar-refractivity contribution in [2.24, 2.45) is 0 Å². The van der Waals surface area contributed by atoms with E-state index in [0.29, 0.717) is 11.1 Å². The van der Waals surface area contributed by atoms with Crippen molar-refractivity contribution in [1.29, 1.82) is 0 Å². The third-order valence-corrected chi connectivity index (χ3v) is 9.19. The summed E-state index contributed by atoms with van der Waals surface area (Å²) in [4.78, 5) is 0. The van der Waals surface area contributed by atoms with E-state index in [0.717, 1.165) is 49.4 Å². The summed E-state index contributed by atoms with van der Waals surface area (Å²) in [6, 6.07) is 25.3. The molecule has 9 aromatic carbocycles. The van der Waals surface area contributed by atoms with E-state index in [-0.39, 0.29) is 32.7 Å². The smallest absolute Gasteiger partial charge is 0.136 e. The quantitative estimate of drug-likeness (QED) is 0.175. The van der Waals surface area contributed by atoms with E-state index in [1.54, 1.807) is 24.3 Å². The fourth-order valence-corrected chi connectivity index (χ4v) is 6.87. The first kappa shape index (κ1) is 17.6. The lowest BCUT2D eigenvalue weighted by Crippen LogP contribution is -1.90. The zero-order chi connectivity index (χ0) is 43.6. The van der Waals surface area contributed by atoms with Crippen molar-refractivity contribution in [3.8, 4) is 44.5 Å². The highest BCUT2D eigenvalue weighted by Gasteiger charge is 2.17. The Morgan fingerprint density at radius 3 is 1.39 bits per heavy atom. The Morgan fingerprint density at radius 1 is 0.327 bits per heavy atom. The average Bonchev–Trinajstić information content (AvgIpc) is 3.66. The topological polar surface area (TPSA) is 13.1 Å². The molecule has 0 aliphatic heterocycles. The first-order valence-electron chi connectivity index (χ1n) is 22.3. The maximum atomic E-state index is 9.20. The van der Waals surface area contributed by atoms with Crippen LogP contribution in [-0.2, 0) is 0 Å². The highest BCUT2D eigenvalue weighted by atomic mass is 16.3. The predicted octanol–water partition coefficient (Wildman–Crippen LogP) is 13.7. The van der Waals surface area contributed by atoms with Gasteiger partial charge in [-0.3, -0.25) is 0 Å². The molecule has 0 amide bonds. The molecule has 0 saturated heterocycles. The zero-order valence-electron chi connectivity index (χ0n) is 38.7. The number of hydrogen-bond acceptors (Lipinski definition) is 1. The standard InChI is InChI=1S/C48H30O/c1-2-11-33(12-3-1)47-41-14-6-8-16-43(41)48(44-17-9-7-15-42(44)47)34-21-18-32(19-22-34)37-24-26-39-40-27-25-38(30-46(40)49-45(39)29-37)36-23-20-31-10-4-5-13-35(31)28-36/h1-30H/i1D,2D,3D,6D,7D,8D,9D,11D,12D,14D,15D,16D,17D. The molecule has 0 fully saturated rings. The van der Waals surface area contributed by atoms with Gasteiger partial charge in [0.15, 0.2) is 0 Å². The number of rotatable bonds is 4. The summed E-state index contributed by atoms with van der Waals surface area (Å²) in [6.07, 6.45) is 0. The lowest BCUT2D eigenvalue weighted by Gasteiger charge is -2.18. The largest absolute Gasteiger partial charge is 0.456 e. The molecule has 10 rings (SSSR count). The third-order valence-electron chi connectivity index (χ3n) is 9.19. The summed E-state index contributed by atoms with van der Waals surface area (Å²) >= 11 is 0. The molecule has 0 bridgehead atoms. The van der Waals surface area contributed by atoms with Crippen LogP contribution >= 0.6 is 0 Å². The van der Waals surface area contributed by atoms with Gasteiger partial charge in [-0.2, -0.15) is 0 Å². The van der Waals surface area contributed by atoms with Crippen molar-refractivity contribution in [2.45, 2.75) is 0 Å². The molecule has 0 aliphatic rings. The minimum absolute atomic E-state index is 0.0756. The zero-order valence-corrected chi connectivity index (χ0v) is 25.7. The van der Waals surface area contributed by atoms with E-state index in [2.05, 4.69) is 42.5 Å². The molecule has 1 heteroatoms. The second kappa shape index (κ2) is 11.1. The highest BCUT2D eigenvalue weighted by molar-refractivity contribution is 6.21. The molecule has 10 aromatic rings. The van der Waals surface area contributed by atoms with Crippen LogP contribution < -0.4 is 0 Å². The van der Waals surface area contributed by atoms with Crippen molar-refractivity contribution in [3.63, 3.8) is 0 Å². The Kier molecular flexibility index (Phi) is 3.99. The number of fused-ring (bicyclic) bond motifs is 6. The van der Waals surface area contributed by atoms with E-state index < -0.39 is 84.1 Å². The molecule has 0 N–H and O–H groups in total. The monoisotopic (exact) mass is 635 g/mol. The second-order valence-electron chi connectivity index (χ2n) is 11.9. The second-order valence-corrected chi connectivity index (χ2v) is 11.9. The molecular weight excluding hydrogens is 593 g/mol. The minimum Gasteiger partial charge on any atom is -0.456 e. The summed E-state index contributed by atoms with van der Waals surface area (Å²) in [5.41, 5.74) is 4.75. The lowest BCUT2D eigenvalue weighted by molar-refractivity contribution is 0.669. The number of benzene rings is 9. The van der Waals surface area contributed by atoms with Crippen LogP contribution in [0.4, 0.5) is 0 Å². The van der Waals surface area contributed by atoms with Crippen molar-refractivity contribution in [1.82, 2.24) is 0 Å². The summed E-state index contributed by atoms with van der Waals surface area (Å²) in [6.45, 7) is 0. The average molecular weight is 636 g/mol. The molecular formula is C48H30O. The molecule has 228 valence electrons. The van der Waals surface area contributed by atoms with E-state index in [4.69, 9.17) is 19.5 Å². The van der Waals surface area contributed by atoms with Gasteiger partial charge in [0.05, 0.1) is 17.8 Å². The molecule has 1 nitrogen and oxygen atoms in total. The van der Waals surface area contributed by atoms with Gasteiger partial charge in [0.2, 0.25) is 0 Å². The van der Waals surface area contributed by atoms with Gasteiger partial charge < -0.3 is 4.42 Å². The Balaban J connectivity index is 1.17. The molecule has 0 radical (unpaired) electrons. The summed E-state index contributed by atoms with van der Waals surface area (Å²) < 4.78 is 121. The molecule has 0 unspecified atom stereocenters. The van der Waals surface area contributed by atoms with Gasteiger partial charge in [-0.15, -0.1) is 0 Å². The van der Waals surface area contributed by atoms with E-state index >= 15 is 0 Å². The van der Waals surface area contributed by atoms with Gasteiger partial charge >= 0.3 is 0 Å². The van der Waals surface area contributed by atoms with Crippen molar-refractivity contribution in [3.05, 3.63) is 182 Å². The SMILES string of the molecule is [2H]c1c([2H])c([2H])c(-c2c3c([2H])c([2H])c([2H])c([2H])c3c(-c3ccc(-c4ccc5c(c4)oc4cc(-c6ccc7ccccc7c6)ccc45)cc3)c3c([2H])c([2H])c([2H])c([2H])c23)c([2H])c1[2H]. The Hall–Kier alpha value is -6.44. The van der Waals surface area contributed by atoms with Crippen LogP contribution in [0.5, 0.6) is 0 Å². The van der Waals surface area contributed by atoms with Crippen LogP contribution in [0.2, 0.25) is 0 Å². The molecule has 0 saturated carbocycles. The first-order chi connectivity index (χ1) is 29.7. The third kappa shape index (κ3) is 4.55. The van der Waals surface area contributed by atoms with Gasteiger partial charge in [-0.05, 0) is 107 Å². The van der Waals surface area contributed by atoms with E-state index in [9.17, 15) is 2.74 Å². The number of furan rings is 1. The van der Waals surface area contributed by atoms with Crippen molar-refractivity contribution < 1.29 is 22.2 Å². The van der Waals surface area contributed by atoms with Crippen molar-refractivity contribution >= 4 is 54.3 Å². The van der Waals surface area contributed by atoms with Gasteiger partial charge in [0.25, 0.3) is 0 Å². The van der Waals surface area contributed by atoms with Crippen molar-refractivity contribution in [2.75, 3.05) is 0 Å². The van der Waals surface area contributed by atoms with Crippen LogP contribution in [-0.4, -0.2) is 0 Å². The Labute approximate surface area is 302 Å². The van der Waals surface area contributed by atoms with Gasteiger partial charge in [-0.1, -0.05) is 151 Å². The molecule has 1 aromatic heterocycles. The first-order valence-corrected chi connectivity index (χ1v) is 15.8. The number of hydrogen-bond donors (Lipinski definition) is 0. The van der Waals surface area contributed by atoms with Crippen LogP contribution in [0.15, 0.2) is 186 Å². The fourth-order valence-electron chi connectivity index (χ4n) is 6.87. The molecule has 1 heterocycles. The van der Waals surface area contributed by atoms with Gasteiger partial charge in [0, 0.05) is 10.8 Å². The normalized spacial score (nSPS) is 15.4. The fraction of sp³-hybridized carbons (Fsp3) is 0. The lowest BCUT2D eigenvalue weighted by atomic mass is 9.86. The van der Waals surface area contributed by atoms with Crippen LogP contribution in [0.1, 0.15) is 17.8 Å². The molecule has 0 atom stereocenters. The Morgan fingerprint density at radius 2 is 0.776 bits per heavy atom. The minimum atomic E-state index is -0.713. The van der Waals surface area contributed by atoms with Crippen LogP contribution in [0.3, 0.4) is 0 Å². The molecule has 0 aliphatic carbocycles. The maximum absolute atomic E-state index is 9.20. The predicted molar refractivity (Wildman–Crippen MR) is 208 cm³/mol. The molecule has 49 heavy (non-hydrogen) atoms. The van der Waals surface area contributed by atoms with E-state index in [1.165, 1.54) is 0 Å². The van der Waals surface area contributed by atoms with Crippen LogP contribution in [0.25, 0.3) is 98.8 Å². The van der Waals surface area contributed by atoms with E-state index in [1.807, 2.05) is 36.4 Å². The Bertz CT molecular complexity index is 3500. The molecule has 0 spiro atoms. The van der Waals surface area contributed by atoms with Gasteiger partial charge in [-0.25, -0.2) is 0 Å².